The lowest BCUT2D eigenvalue weighted by Crippen LogP contribution is -2.32. The fourth-order valence-corrected chi connectivity index (χ4v) is 3.35. The molecule has 0 bridgehead atoms. The van der Waals surface area contributed by atoms with Crippen LogP contribution >= 0.6 is 0 Å². The molecule has 7 nitrogen and oxygen atoms in total. The normalized spacial score (nSPS) is 24.2. The van der Waals surface area contributed by atoms with Crippen molar-refractivity contribution in [1.82, 2.24) is 19.6 Å². The SMILES string of the molecule is Cn1cc(/C=C/C(=O)N2C[C@H](CC(=O)N3CCCC3)[C@@H](O)C2)cn1. The van der Waals surface area contributed by atoms with Crippen molar-refractivity contribution < 1.29 is 14.7 Å². The van der Waals surface area contributed by atoms with Gasteiger partial charge in [-0.3, -0.25) is 14.3 Å². The minimum atomic E-state index is -0.632. The van der Waals surface area contributed by atoms with Gasteiger partial charge in [0.25, 0.3) is 0 Å². The van der Waals surface area contributed by atoms with E-state index in [1.54, 1.807) is 21.9 Å². The molecular weight excluding hydrogens is 308 g/mol. The second-order valence-corrected chi connectivity index (χ2v) is 6.64. The predicted molar refractivity (Wildman–Crippen MR) is 88.7 cm³/mol. The second-order valence-electron chi connectivity index (χ2n) is 6.64. The predicted octanol–water partition coefficient (Wildman–Crippen LogP) is 0.265. The Bertz CT molecular complexity index is 634. The zero-order chi connectivity index (χ0) is 17.1. The number of carbonyl (C=O) groups is 2. The lowest BCUT2D eigenvalue weighted by Gasteiger charge is -2.19. The fraction of sp³-hybridized carbons (Fsp3) is 0.588. The Balaban J connectivity index is 1.53. The van der Waals surface area contributed by atoms with Crippen molar-refractivity contribution in [3.8, 4) is 0 Å². The molecule has 2 aliphatic rings. The van der Waals surface area contributed by atoms with Gasteiger partial charge in [-0.2, -0.15) is 5.10 Å². The van der Waals surface area contributed by atoms with Gasteiger partial charge in [-0.05, 0) is 18.9 Å². The summed E-state index contributed by atoms with van der Waals surface area (Å²) >= 11 is 0. The zero-order valence-electron chi connectivity index (χ0n) is 14.0. The molecule has 3 rings (SSSR count). The van der Waals surface area contributed by atoms with Crippen LogP contribution in [0.2, 0.25) is 0 Å². The van der Waals surface area contributed by atoms with Crippen LogP contribution < -0.4 is 0 Å². The van der Waals surface area contributed by atoms with Crippen LogP contribution in [-0.2, 0) is 16.6 Å². The Morgan fingerprint density at radius 1 is 1.29 bits per heavy atom. The van der Waals surface area contributed by atoms with Crippen LogP contribution in [-0.4, -0.2) is 68.8 Å². The van der Waals surface area contributed by atoms with E-state index in [-0.39, 0.29) is 24.3 Å². The quantitative estimate of drug-likeness (QED) is 0.803. The van der Waals surface area contributed by atoms with E-state index in [1.807, 2.05) is 18.1 Å². The number of carbonyl (C=O) groups excluding carboxylic acids is 2. The zero-order valence-corrected chi connectivity index (χ0v) is 14.0. The lowest BCUT2D eigenvalue weighted by atomic mass is 10.0. The van der Waals surface area contributed by atoms with Crippen LogP contribution in [0.25, 0.3) is 6.08 Å². The highest BCUT2D eigenvalue weighted by molar-refractivity contribution is 5.92. The summed E-state index contributed by atoms with van der Waals surface area (Å²) < 4.78 is 1.67. The molecule has 130 valence electrons. The van der Waals surface area contributed by atoms with Crippen molar-refractivity contribution in [1.29, 1.82) is 0 Å². The third-order valence-electron chi connectivity index (χ3n) is 4.76. The van der Waals surface area contributed by atoms with Crippen molar-refractivity contribution in [2.24, 2.45) is 13.0 Å². The standard InChI is InChI=1S/C17H24N4O3/c1-19-10-13(9-18-19)4-5-16(23)21-11-14(15(22)12-21)8-17(24)20-6-2-3-7-20/h4-5,9-10,14-15,22H,2-3,6-8,11-12H2,1H3/b5-4+/t14-,15-/m0/s1. The molecular formula is C17H24N4O3. The van der Waals surface area contributed by atoms with E-state index in [9.17, 15) is 14.7 Å². The van der Waals surface area contributed by atoms with E-state index in [4.69, 9.17) is 0 Å². The minimum absolute atomic E-state index is 0.0942. The highest BCUT2D eigenvalue weighted by Crippen LogP contribution is 2.23. The van der Waals surface area contributed by atoms with E-state index in [0.717, 1.165) is 31.5 Å². The summed E-state index contributed by atoms with van der Waals surface area (Å²) in [5.74, 6) is -0.223. The summed E-state index contributed by atoms with van der Waals surface area (Å²) in [7, 11) is 1.82. The topological polar surface area (TPSA) is 78.7 Å². The first-order valence-corrected chi connectivity index (χ1v) is 8.44. The third-order valence-corrected chi connectivity index (χ3v) is 4.76. The molecule has 2 amide bonds. The molecule has 0 aliphatic carbocycles. The van der Waals surface area contributed by atoms with Crippen LogP contribution in [0.4, 0.5) is 0 Å². The van der Waals surface area contributed by atoms with Crippen LogP contribution in [0.5, 0.6) is 0 Å². The van der Waals surface area contributed by atoms with E-state index in [1.165, 1.54) is 6.08 Å². The molecule has 0 aromatic carbocycles. The molecule has 1 aromatic rings. The summed E-state index contributed by atoms with van der Waals surface area (Å²) in [6, 6.07) is 0. The Kier molecular flexibility index (Phi) is 4.99. The van der Waals surface area contributed by atoms with Crippen LogP contribution in [0, 0.1) is 5.92 Å². The molecule has 1 N–H and O–H groups in total. The van der Waals surface area contributed by atoms with E-state index < -0.39 is 6.10 Å². The molecule has 0 radical (unpaired) electrons. The van der Waals surface area contributed by atoms with Crippen molar-refractivity contribution in [3.05, 3.63) is 24.0 Å². The average Bonchev–Trinajstić information content (AvgIpc) is 3.27. The summed E-state index contributed by atoms with van der Waals surface area (Å²) in [5, 5.41) is 14.2. The van der Waals surface area contributed by atoms with E-state index in [2.05, 4.69) is 5.10 Å². The van der Waals surface area contributed by atoms with Gasteiger partial charge in [0.1, 0.15) is 0 Å². The van der Waals surface area contributed by atoms with E-state index in [0.29, 0.717) is 13.0 Å². The number of amides is 2. The molecule has 0 spiro atoms. The van der Waals surface area contributed by atoms with Crippen molar-refractivity contribution in [2.45, 2.75) is 25.4 Å². The number of aryl methyl sites for hydroxylation is 1. The van der Waals surface area contributed by atoms with E-state index >= 15 is 0 Å². The number of hydrogen-bond donors (Lipinski definition) is 1. The molecule has 0 unspecified atom stereocenters. The molecule has 7 heteroatoms. The van der Waals surface area contributed by atoms with Crippen molar-refractivity contribution >= 4 is 17.9 Å². The minimum Gasteiger partial charge on any atom is -0.391 e. The van der Waals surface area contributed by atoms with Crippen LogP contribution in [0.3, 0.4) is 0 Å². The molecule has 2 atom stereocenters. The molecule has 24 heavy (non-hydrogen) atoms. The number of nitrogens with zero attached hydrogens (tertiary/aromatic N) is 4. The van der Waals surface area contributed by atoms with Gasteiger partial charge in [0.2, 0.25) is 11.8 Å². The highest BCUT2D eigenvalue weighted by Gasteiger charge is 2.35. The number of hydrogen-bond acceptors (Lipinski definition) is 4. The first kappa shape index (κ1) is 16.7. The maximum atomic E-state index is 12.3. The summed E-state index contributed by atoms with van der Waals surface area (Å²) in [6.07, 6.45) is 8.51. The van der Waals surface area contributed by atoms with Crippen molar-refractivity contribution in [2.75, 3.05) is 26.2 Å². The van der Waals surface area contributed by atoms with Crippen molar-refractivity contribution in [3.63, 3.8) is 0 Å². The second kappa shape index (κ2) is 7.17. The third kappa shape index (κ3) is 3.84. The fourth-order valence-electron chi connectivity index (χ4n) is 3.35. The first-order chi connectivity index (χ1) is 11.5. The van der Waals surface area contributed by atoms with Gasteiger partial charge in [-0.1, -0.05) is 0 Å². The Morgan fingerprint density at radius 3 is 2.71 bits per heavy atom. The number of likely N-dealkylation sites (tertiary alicyclic amines) is 2. The number of aliphatic hydroxyl groups is 1. The maximum absolute atomic E-state index is 12.3. The Hall–Kier alpha value is -2.15. The lowest BCUT2D eigenvalue weighted by molar-refractivity contribution is -0.132. The van der Waals surface area contributed by atoms with Gasteiger partial charge in [0, 0.05) is 63.4 Å². The maximum Gasteiger partial charge on any atom is 0.246 e. The average molecular weight is 332 g/mol. The Morgan fingerprint density at radius 2 is 2.04 bits per heavy atom. The number of β-amino-alcohol motifs (C(OH)–C–C–N with tert-alkyl or cyclic N) is 1. The van der Waals surface area contributed by atoms with Gasteiger partial charge in [0.05, 0.1) is 12.3 Å². The number of aromatic nitrogens is 2. The van der Waals surface area contributed by atoms with Crippen LogP contribution in [0.15, 0.2) is 18.5 Å². The monoisotopic (exact) mass is 332 g/mol. The number of aliphatic hydroxyl groups excluding tert-OH is 1. The molecule has 2 aliphatic heterocycles. The number of rotatable bonds is 4. The van der Waals surface area contributed by atoms with Crippen LogP contribution in [0.1, 0.15) is 24.8 Å². The molecule has 1 aromatic heterocycles. The van der Waals surface area contributed by atoms with Gasteiger partial charge in [-0.15, -0.1) is 0 Å². The largest absolute Gasteiger partial charge is 0.391 e. The summed E-state index contributed by atoms with van der Waals surface area (Å²) in [5.41, 5.74) is 0.853. The summed E-state index contributed by atoms with van der Waals surface area (Å²) in [4.78, 5) is 28.0. The smallest absolute Gasteiger partial charge is 0.246 e. The molecule has 3 heterocycles. The van der Waals surface area contributed by atoms with Gasteiger partial charge >= 0.3 is 0 Å². The summed E-state index contributed by atoms with van der Waals surface area (Å²) in [6.45, 7) is 2.35. The molecule has 2 fully saturated rings. The van der Waals surface area contributed by atoms with Gasteiger partial charge in [-0.25, -0.2) is 0 Å². The Labute approximate surface area is 141 Å². The van der Waals surface area contributed by atoms with Gasteiger partial charge in [0.15, 0.2) is 0 Å². The molecule has 0 saturated carbocycles. The first-order valence-electron chi connectivity index (χ1n) is 8.44. The van der Waals surface area contributed by atoms with Gasteiger partial charge < -0.3 is 14.9 Å². The molecule has 2 saturated heterocycles. The highest BCUT2D eigenvalue weighted by atomic mass is 16.3.